The molecule has 7 heteroatoms. The van der Waals surface area contributed by atoms with Crippen molar-refractivity contribution < 1.29 is 74.8 Å². The van der Waals surface area contributed by atoms with Gasteiger partial charge in [-0.3, -0.25) is 0 Å². The monoisotopic (exact) mass is 358 g/mol. The molecule has 0 aliphatic heterocycles. The molecule has 0 amide bonds. The summed E-state index contributed by atoms with van der Waals surface area (Å²) in [4.78, 5) is 0. The Labute approximate surface area is 119 Å². The minimum Gasteiger partial charge on any atom is -1.00 e. The topological polar surface area (TPSA) is 0 Å². The molecule has 50 valence electrons. The van der Waals surface area contributed by atoms with E-state index in [1.807, 2.05) is 0 Å². The minimum absolute atomic E-state index is 0. The maximum absolute atomic E-state index is 0. The van der Waals surface area contributed by atoms with Crippen LogP contribution in [0.1, 0.15) is 2.85 Å². The molecule has 0 aromatic heterocycles. The molecule has 0 aliphatic rings. The smallest absolute Gasteiger partial charge is 1.00 e. The molecule has 0 N–H and O–H groups in total. The van der Waals surface area contributed by atoms with Crippen molar-refractivity contribution in [2.24, 2.45) is 0 Å². The van der Waals surface area contributed by atoms with Crippen LogP contribution in [0, 0.1) is 0 Å². The van der Waals surface area contributed by atoms with Crippen molar-refractivity contribution >= 4 is 46.4 Å². The fraction of sp³-hybridized carbons (Fsp3) is 0. The normalized spacial score (nSPS) is 0. The van der Waals surface area contributed by atoms with E-state index in [4.69, 9.17) is 0 Å². The van der Waals surface area contributed by atoms with Crippen LogP contribution in [0.3, 0.4) is 0 Å². The molecule has 0 rings (SSSR count). The van der Waals surface area contributed by atoms with Crippen LogP contribution in [0.5, 0.6) is 0 Å². The van der Waals surface area contributed by atoms with Gasteiger partial charge in [0.05, 0.1) is 0 Å². The van der Waals surface area contributed by atoms with E-state index >= 15 is 0 Å². The zero-order valence-corrected chi connectivity index (χ0v) is 12.6. The Morgan fingerprint density at radius 1 is 1.14 bits per heavy atom. The van der Waals surface area contributed by atoms with Crippen LogP contribution in [0.2, 0.25) is 0 Å². The van der Waals surface area contributed by atoms with Gasteiger partial charge in [-0.2, -0.15) is 23.4 Å². The summed E-state index contributed by atoms with van der Waals surface area (Å²) in [6.07, 6.45) is 0. The Morgan fingerprint density at radius 2 is 1.14 bits per heavy atom. The third-order valence-corrected chi connectivity index (χ3v) is 0. The number of hydrogen-bond acceptors (Lipinski definition) is 0. The summed E-state index contributed by atoms with van der Waals surface area (Å²) in [6.45, 7) is 0. The summed E-state index contributed by atoms with van der Waals surface area (Å²) in [5, 5.41) is 0. The van der Waals surface area contributed by atoms with E-state index in [0.717, 1.165) is 0 Å². The first-order chi connectivity index (χ1) is 0. The van der Waals surface area contributed by atoms with E-state index in [2.05, 4.69) is 0 Å². The molecule has 0 fully saturated rings. The van der Waals surface area contributed by atoms with Crippen molar-refractivity contribution in [2.75, 3.05) is 0 Å². The SMILES string of the molecule is P.S.[Cr].[Fe].[H-].[H-].[Mg+2].[Mo].[Ni]. The molecule has 0 saturated carbocycles. The van der Waals surface area contributed by atoms with Gasteiger partial charge >= 0.3 is 23.1 Å². The van der Waals surface area contributed by atoms with E-state index in [1.165, 1.54) is 0 Å². The summed E-state index contributed by atoms with van der Waals surface area (Å²) in [5.41, 5.74) is 0. The Bertz CT molecular complexity index is 26.5. The molecular formula is H7CrFeMgMoNiPS. The van der Waals surface area contributed by atoms with E-state index in [-0.39, 0.29) is 121 Å². The van der Waals surface area contributed by atoms with Crippen LogP contribution >= 0.6 is 23.4 Å². The van der Waals surface area contributed by atoms with Crippen molar-refractivity contribution in [1.29, 1.82) is 0 Å². The van der Waals surface area contributed by atoms with Crippen LogP contribution < -0.4 is 0 Å². The molecule has 0 aliphatic carbocycles. The molecule has 7 heavy (non-hydrogen) atoms. The second kappa shape index (κ2) is 52.8. The number of hydrogen-bond donors (Lipinski definition) is 0. The molecule has 0 aromatic rings. The average Bonchev–Trinajstić information content (AvgIpc) is 0. The summed E-state index contributed by atoms with van der Waals surface area (Å²) in [7, 11) is 0. The minimum atomic E-state index is 0. The molecule has 0 radical (unpaired) electrons. The fourth-order valence-corrected chi connectivity index (χ4v) is 0. The van der Waals surface area contributed by atoms with Crippen molar-refractivity contribution in [1.82, 2.24) is 0 Å². The summed E-state index contributed by atoms with van der Waals surface area (Å²) >= 11 is 0. The molecule has 0 bridgehead atoms. The second-order valence-electron chi connectivity index (χ2n) is 0. The van der Waals surface area contributed by atoms with Gasteiger partial charge in [-0.1, -0.05) is 0 Å². The van der Waals surface area contributed by atoms with Crippen molar-refractivity contribution in [2.45, 2.75) is 0 Å². The van der Waals surface area contributed by atoms with Gasteiger partial charge in [0.1, 0.15) is 0 Å². The number of rotatable bonds is 0. The second-order valence-corrected chi connectivity index (χ2v) is 0. The van der Waals surface area contributed by atoms with Gasteiger partial charge in [0, 0.05) is 72.0 Å². The first kappa shape index (κ1) is 72.2. The zero-order valence-electron chi connectivity index (χ0n) is 5.40. The van der Waals surface area contributed by atoms with Crippen LogP contribution in [-0.2, 0) is 72.0 Å². The Kier molecular flexibility index (Phi) is 544. The van der Waals surface area contributed by atoms with Crippen LogP contribution in [0.25, 0.3) is 0 Å². The zero-order chi connectivity index (χ0) is 0. The third kappa shape index (κ3) is 41.4. The van der Waals surface area contributed by atoms with Crippen LogP contribution in [0.4, 0.5) is 0 Å². The standard InChI is InChI=1S/Cr.Fe.Mg.Mo.Ni.H3P.H2S.2H/h;;;;;1H3;1H2;;/q;;+2;;;;;2*-1. The first-order valence-electron chi connectivity index (χ1n) is 0. The average molecular weight is 357 g/mol. The summed E-state index contributed by atoms with van der Waals surface area (Å²) in [6, 6.07) is 0. The fourth-order valence-electron chi connectivity index (χ4n) is 0. The largest absolute Gasteiger partial charge is 2.00 e. The Morgan fingerprint density at radius 3 is 1.14 bits per heavy atom. The van der Waals surface area contributed by atoms with Crippen molar-refractivity contribution in [3.63, 3.8) is 0 Å². The predicted octanol–water partition coefficient (Wildman–Crippen LogP) is 0.00510. The molecule has 0 saturated heterocycles. The van der Waals surface area contributed by atoms with E-state index < -0.39 is 0 Å². The quantitative estimate of drug-likeness (QED) is 0.423. The van der Waals surface area contributed by atoms with Gasteiger partial charge in [0.15, 0.2) is 0 Å². The summed E-state index contributed by atoms with van der Waals surface area (Å²) in [5.74, 6) is 0. The maximum Gasteiger partial charge on any atom is 2.00 e. The van der Waals surface area contributed by atoms with Gasteiger partial charge in [0.25, 0.3) is 0 Å². The molecule has 0 nitrogen and oxygen atoms in total. The Hall–Kier alpha value is 3.78. The van der Waals surface area contributed by atoms with Crippen molar-refractivity contribution in [3.8, 4) is 0 Å². The van der Waals surface area contributed by atoms with E-state index in [1.54, 1.807) is 0 Å². The van der Waals surface area contributed by atoms with Crippen molar-refractivity contribution in [3.05, 3.63) is 0 Å². The maximum atomic E-state index is 0. The van der Waals surface area contributed by atoms with Gasteiger partial charge in [0.2, 0.25) is 0 Å². The molecular weight excluding hydrogens is 350 g/mol. The van der Waals surface area contributed by atoms with Gasteiger partial charge in [-0.15, -0.1) is 0 Å². The Balaban J connectivity index is 0. The predicted molar refractivity (Wildman–Crippen MR) is 29.5 cm³/mol. The molecule has 0 heterocycles. The summed E-state index contributed by atoms with van der Waals surface area (Å²) < 4.78 is 0. The van der Waals surface area contributed by atoms with Crippen LogP contribution in [-0.4, -0.2) is 23.1 Å². The van der Waals surface area contributed by atoms with Gasteiger partial charge in [-0.25, -0.2) is 0 Å². The molecule has 1 unspecified atom stereocenters. The third-order valence-electron chi connectivity index (χ3n) is 0. The first-order valence-corrected chi connectivity index (χ1v) is 0. The van der Waals surface area contributed by atoms with Gasteiger partial charge in [-0.05, 0) is 0 Å². The van der Waals surface area contributed by atoms with E-state index in [9.17, 15) is 0 Å². The molecule has 1 atom stereocenters. The van der Waals surface area contributed by atoms with Crippen LogP contribution in [0.15, 0.2) is 0 Å². The molecule has 0 aromatic carbocycles. The molecule has 0 spiro atoms. The van der Waals surface area contributed by atoms with Gasteiger partial charge < -0.3 is 2.85 Å². The van der Waals surface area contributed by atoms with E-state index in [0.29, 0.717) is 0 Å².